The van der Waals surface area contributed by atoms with E-state index in [1.165, 1.54) is 0 Å². The van der Waals surface area contributed by atoms with Crippen molar-refractivity contribution in [2.45, 2.75) is 6.92 Å². The Kier molecular flexibility index (Phi) is 3.63. The Morgan fingerprint density at radius 1 is 1.41 bits per heavy atom. The largest absolute Gasteiger partial charge is 0.354 e. The molecule has 0 aromatic heterocycles. The van der Waals surface area contributed by atoms with Crippen molar-refractivity contribution in [3.05, 3.63) is 28.2 Å². The molecule has 1 saturated heterocycles. The smallest absolute Gasteiger partial charge is 0.348 e. The maximum Gasteiger partial charge on any atom is 0.348 e. The van der Waals surface area contributed by atoms with E-state index in [-0.39, 0.29) is 0 Å². The van der Waals surface area contributed by atoms with Crippen molar-refractivity contribution >= 4 is 33.6 Å². The predicted octanol–water partition coefficient (Wildman–Crippen LogP) is 1.84. The number of aryl methyl sites for hydroxylation is 1. The highest BCUT2D eigenvalue weighted by Crippen LogP contribution is 2.25. The zero-order valence-electron chi connectivity index (χ0n) is 9.38. The van der Waals surface area contributed by atoms with Crippen LogP contribution in [0.1, 0.15) is 5.56 Å². The summed E-state index contributed by atoms with van der Waals surface area (Å²) in [5.41, 5.74) is 1.74. The third-order valence-corrected chi connectivity index (χ3v) is 3.04. The van der Waals surface area contributed by atoms with Gasteiger partial charge in [0, 0.05) is 17.6 Å². The third-order valence-electron chi connectivity index (χ3n) is 2.38. The van der Waals surface area contributed by atoms with E-state index in [2.05, 4.69) is 36.9 Å². The van der Waals surface area contributed by atoms with E-state index >= 15 is 0 Å². The Morgan fingerprint density at radius 3 is 2.76 bits per heavy atom. The predicted molar refractivity (Wildman–Crippen MR) is 71.3 cm³/mol. The van der Waals surface area contributed by atoms with E-state index in [0.29, 0.717) is 5.96 Å². The molecule has 3 N–H and O–H groups in total. The van der Waals surface area contributed by atoms with Gasteiger partial charge in [-0.2, -0.15) is 4.99 Å². The molecule has 0 bridgehead atoms. The van der Waals surface area contributed by atoms with Crippen molar-refractivity contribution in [2.75, 3.05) is 18.4 Å². The van der Waals surface area contributed by atoms with Crippen molar-refractivity contribution < 1.29 is 4.79 Å². The zero-order valence-corrected chi connectivity index (χ0v) is 11.0. The number of urea groups is 1. The lowest BCUT2D eigenvalue weighted by molar-refractivity contribution is 0.259. The van der Waals surface area contributed by atoms with Gasteiger partial charge in [0.2, 0.25) is 5.96 Å². The number of guanidine groups is 1. The molecule has 2 amide bonds. The third kappa shape index (κ3) is 2.97. The number of amides is 2. The standard InChI is InChI=1S/C11H13BrN4O/c1-7-3-2-4-8(12)9(7)15-11(17)16-10-13-5-6-14-10/h2-4H,5-6H2,1H3,(H3,13,14,15,16,17). The van der Waals surface area contributed by atoms with Crippen LogP contribution in [0, 0.1) is 6.92 Å². The topological polar surface area (TPSA) is 65.5 Å². The van der Waals surface area contributed by atoms with Crippen molar-refractivity contribution in [3.63, 3.8) is 0 Å². The first-order valence-electron chi connectivity index (χ1n) is 5.29. The van der Waals surface area contributed by atoms with Gasteiger partial charge in [-0.05, 0) is 34.5 Å². The molecular weight excluding hydrogens is 284 g/mol. The highest BCUT2D eigenvalue weighted by molar-refractivity contribution is 9.10. The van der Waals surface area contributed by atoms with Crippen molar-refractivity contribution in [1.82, 2.24) is 10.6 Å². The van der Waals surface area contributed by atoms with Crippen LogP contribution in [0.2, 0.25) is 0 Å². The fourth-order valence-corrected chi connectivity index (χ4v) is 2.09. The Morgan fingerprint density at radius 2 is 2.12 bits per heavy atom. The summed E-state index contributed by atoms with van der Waals surface area (Å²) in [6, 6.07) is 5.33. The molecule has 1 aromatic carbocycles. The minimum atomic E-state index is -0.392. The molecule has 2 rings (SSSR count). The molecule has 1 heterocycles. The van der Waals surface area contributed by atoms with E-state index < -0.39 is 6.03 Å². The van der Waals surface area contributed by atoms with Gasteiger partial charge in [0.25, 0.3) is 0 Å². The van der Waals surface area contributed by atoms with Crippen LogP contribution >= 0.6 is 15.9 Å². The number of carbonyl (C=O) groups is 1. The van der Waals surface area contributed by atoms with Crippen LogP contribution in [0.5, 0.6) is 0 Å². The second kappa shape index (κ2) is 5.18. The number of aliphatic imine (C=N–C) groups is 1. The summed E-state index contributed by atoms with van der Waals surface area (Å²) in [4.78, 5) is 15.6. The second-order valence-electron chi connectivity index (χ2n) is 3.68. The van der Waals surface area contributed by atoms with Gasteiger partial charge in [0.05, 0.1) is 5.69 Å². The number of hydrogen-bond donors (Lipinski definition) is 3. The number of nitrogens with zero attached hydrogens (tertiary/aromatic N) is 1. The first-order chi connectivity index (χ1) is 8.16. The number of rotatable bonds is 1. The highest BCUT2D eigenvalue weighted by Gasteiger charge is 2.10. The molecule has 1 aromatic rings. The van der Waals surface area contributed by atoms with Gasteiger partial charge in [-0.25, -0.2) is 4.79 Å². The van der Waals surface area contributed by atoms with E-state index in [1.54, 1.807) is 0 Å². The van der Waals surface area contributed by atoms with Gasteiger partial charge >= 0.3 is 6.03 Å². The molecule has 17 heavy (non-hydrogen) atoms. The van der Waals surface area contributed by atoms with Crippen LogP contribution in [0.3, 0.4) is 0 Å². The monoisotopic (exact) mass is 296 g/mol. The van der Waals surface area contributed by atoms with E-state index in [4.69, 9.17) is 0 Å². The summed E-state index contributed by atoms with van der Waals surface area (Å²) < 4.78 is 0.846. The summed E-state index contributed by atoms with van der Waals surface area (Å²) in [7, 11) is 0. The SMILES string of the molecule is Cc1cccc(Br)c1NC(=O)N=C1NCCN1. The normalized spacial score (nSPS) is 13.9. The van der Waals surface area contributed by atoms with E-state index in [0.717, 1.165) is 28.8 Å². The van der Waals surface area contributed by atoms with E-state index in [1.807, 2.05) is 25.1 Å². The van der Waals surface area contributed by atoms with Crippen molar-refractivity contribution in [1.29, 1.82) is 0 Å². The zero-order chi connectivity index (χ0) is 12.3. The molecule has 1 aliphatic rings. The molecule has 0 unspecified atom stereocenters. The van der Waals surface area contributed by atoms with Gasteiger partial charge < -0.3 is 16.0 Å². The van der Waals surface area contributed by atoms with Gasteiger partial charge in [0.15, 0.2) is 0 Å². The summed E-state index contributed by atoms with van der Waals surface area (Å²) in [5, 5.41) is 8.69. The number of hydrogen-bond acceptors (Lipinski definition) is 1. The molecular formula is C11H13BrN4O. The molecule has 0 spiro atoms. The minimum absolute atomic E-state index is 0.392. The van der Waals surface area contributed by atoms with Crippen LogP contribution in [0.15, 0.2) is 27.7 Å². The quantitative estimate of drug-likeness (QED) is 0.741. The lowest BCUT2D eigenvalue weighted by Crippen LogP contribution is -2.26. The van der Waals surface area contributed by atoms with Crippen LogP contribution in [-0.2, 0) is 0 Å². The molecule has 0 aliphatic carbocycles. The number of para-hydroxylation sites is 1. The van der Waals surface area contributed by atoms with Crippen LogP contribution in [-0.4, -0.2) is 25.1 Å². The van der Waals surface area contributed by atoms with Crippen molar-refractivity contribution in [2.24, 2.45) is 4.99 Å². The Hall–Kier alpha value is -1.56. The average Bonchev–Trinajstić information content (AvgIpc) is 2.76. The fourth-order valence-electron chi connectivity index (χ4n) is 1.53. The Balaban J connectivity index is 2.10. The van der Waals surface area contributed by atoms with Crippen LogP contribution < -0.4 is 16.0 Å². The fraction of sp³-hybridized carbons (Fsp3) is 0.273. The molecule has 0 radical (unpaired) electrons. The number of benzene rings is 1. The minimum Gasteiger partial charge on any atom is -0.354 e. The maximum atomic E-state index is 11.7. The molecule has 0 saturated carbocycles. The lowest BCUT2D eigenvalue weighted by atomic mass is 10.2. The lowest BCUT2D eigenvalue weighted by Gasteiger charge is -2.08. The molecule has 90 valence electrons. The number of halogens is 1. The van der Waals surface area contributed by atoms with Crippen molar-refractivity contribution in [3.8, 4) is 0 Å². The summed E-state index contributed by atoms with van der Waals surface area (Å²) >= 11 is 3.39. The second-order valence-corrected chi connectivity index (χ2v) is 4.53. The first kappa shape index (κ1) is 11.9. The molecule has 5 nitrogen and oxygen atoms in total. The summed E-state index contributed by atoms with van der Waals surface area (Å²) in [6.07, 6.45) is 0. The highest BCUT2D eigenvalue weighted by atomic mass is 79.9. The maximum absolute atomic E-state index is 11.7. The summed E-state index contributed by atoms with van der Waals surface area (Å²) in [5.74, 6) is 0.521. The number of anilines is 1. The molecule has 0 atom stereocenters. The first-order valence-corrected chi connectivity index (χ1v) is 6.08. The van der Waals surface area contributed by atoms with E-state index in [9.17, 15) is 4.79 Å². The molecule has 1 fully saturated rings. The molecule has 1 aliphatic heterocycles. The average molecular weight is 297 g/mol. The van der Waals surface area contributed by atoms with Gasteiger partial charge in [-0.15, -0.1) is 0 Å². The van der Waals surface area contributed by atoms with Crippen LogP contribution in [0.4, 0.5) is 10.5 Å². The Bertz CT molecular complexity index is 444. The number of nitrogens with one attached hydrogen (secondary N) is 3. The molecule has 6 heteroatoms. The van der Waals surface area contributed by atoms with Crippen LogP contribution in [0.25, 0.3) is 0 Å². The van der Waals surface area contributed by atoms with Gasteiger partial charge in [-0.1, -0.05) is 12.1 Å². The number of carbonyl (C=O) groups excluding carboxylic acids is 1. The Labute approximate surface area is 108 Å². The van der Waals surface area contributed by atoms with Gasteiger partial charge in [0.1, 0.15) is 0 Å². The summed E-state index contributed by atoms with van der Waals surface area (Å²) in [6.45, 7) is 3.51. The van der Waals surface area contributed by atoms with Gasteiger partial charge in [-0.3, -0.25) is 0 Å².